The number of hydrogen-bond acceptors (Lipinski definition) is 3. The highest BCUT2D eigenvalue weighted by atomic mass is 35.5. The van der Waals surface area contributed by atoms with Gasteiger partial charge in [-0.2, -0.15) is 13.2 Å². The van der Waals surface area contributed by atoms with Crippen LogP contribution in [0.25, 0.3) is 0 Å². The lowest BCUT2D eigenvalue weighted by Crippen LogP contribution is -2.18. The fourth-order valence-electron chi connectivity index (χ4n) is 0.987. The molecule has 0 aliphatic heterocycles. The molecule has 1 heterocycles. The lowest BCUT2D eigenvalue weighted by atomic mass is 10.4. The Bertz CT molecular complexity index is 333. The minimum Gasteiger partial charge on any atom is -0.372 e. The maximum Gasteiger partial charge on any atom is 0.411 e. The second-order valence-corrected chi connectivity index (χ2v) is 3.28. The molecule has 0 saturated carbocycles. The first-order valence-corrected chi connectivity index (χ1v) is 5.06. The molecule has 0 bridgehead atoms. The molecule has 0 spiro atoms. The fraction of sp³-hybridized carbons (Fsp3) is 0.556. The summed E-state index contributed by atoms with van der Waals surface area (Å²) in [5.74, 6) is 0.680. The average molecular weight is 255 g/mol. The molecular formula is C9H10ClF3N2O. The van der Waals surface area contributed by atoms with Gasteiger partial charge < -0.3 is 4.74 Å². The molecule has 0 unspecified atom stereocenters. The maximum atomic E-state index is 11.7. The fourth-order valence-corrected chi connectivity index (χ4v) is 1.14. The van der Waals surface area contributed by atoms with E-state index in [1.165, 1.54) is 6.20 Å². The van der Waals surface area contributed by atoms with Crippen molar-refractivity contribution in [2.24, 2.45) is 0 Å². The van der Waals surface area contributed by atoms with Gasteiger partial charge >= 0.3 is 6.18 Å². The van der Waals surface area contributed by atoms with E-state index in [0.29, 0.717) is 11.5 Å². The molecule has 16 heavy (non-hydrogen) atoms. The summed E-state index contributed by atoms with van der Waals surface area (Å²) in [5.41, 5.74) is 0.641. The number of halogens is 4. The van der Waals surface area contributed by atoms with Crippen molar-refractivity contribution in [2.45, 2.75) is 18.5 Å². The zero-order valence-corrected chi connectivity index (χ0v) is 9.05. The Balaban J connectivity index is 2.32. The average Bonchev–Trinajstić information content (AvgIpc) is 2.23. The van der Waals surface area contributed by atoms with E-state index in [1.807, 2.05) is 0 Å². The van der Waals surface area contributed by atoms with E-state index in [4.69, 9.17) is 11.6 Å². The number of hydrogen-bond donors (Lipinski definition) is 0. The van der Waals surface area contributed by atoms with Crippen molar-refractivity contribution < 1.29 is 17.9 Å². The van der Waals surface area contributed by atoms with E-state index in [-0.39, 0.29) is 18.9 Å². The van der Waals surface area contributed by atoms with E-state index >= 15 is 0 Å². The molecule has 0 aromatic carbocycles. The van der Waals surface area contributed by atoms with Gasteiger partial charge in [0, 0.05) is 12.6 Å². The zero-order valence-electron chi connectivity index (χ0n) is 8.30. The smallest absolute Gasteiger partial charge is 0.372 e. The molecule has 1 rings (SSSR count). The number of alkyl halides is 4. The Hall–Kier alpha value is -0.880. The molecule has 0 saturated heterocycles. The highest BCUT2D eigenvalue weighted by Crippen LogP contribution is 2.14. The summed E-state index contributed by atoms with van der Waals surface area (Å²) < 4.78 is 39.6. The molecular weight excluding hydrogens is 245 g/mol. The molecule has 0 fully saturated rings. The monoisotopic (exact) mass is 254 g/mol. The molecule has 0 N–H and O–H groups in total. The second-order valence-electron chi connectivity index (χ2n) is 3.02. The molecule has 7 heteroatoms. The molecule has 90 valence electrons. The summed E-state index contributed by atoms with van der Waals surface area (Å²) in [5, 5.41) is 0. The summed E-state index contributed by atoms with van der Waals surface area (Å²) in [6.07, 6.45) is -2.54. The number of ether oxygens (including phenoxy) is 1. The number of nitrogens with zero attached hydrogens (tertiary/aromatic N) is 2. The van der Waals surface area contributed by atoms with Crippen LogP contribution in [0, 0.1) is 0 Å². The molecule has 1 aromatic rings. The van der Waals surface area contributed by atoms with Gasteiger partial charge in [0.25, 0.3) is 0 Å². The predicted octanol–water partition coefficient (Wildman–Crippen LogP) is 2.34. The Morgan fingerprint density at radius 2 is 2.12 bits per heavy atom. The van der Waals surface area contributed by atoms with E-state index in [2.05, 4.69) is 14.7 Å². The zero-order chi connectivity index (χ0) is 12.0. The van der Waals surface area contributed by atoms with Gasteiger partial charge in [-0.1, -0.05) is 0 Å². The van der Waals surface area contributed by atoms with Crippen LogP contribution >= 0.6 is 11.6 Å². The van der Waals surface area contributed by atoms with Crippen molar-refractivity contribution >= 4 is 11.6 Å². The van der Waals surface area contributed by atoms with E-state index in [1.54, 1.807) is 6.07 Å². The van der Waals surface area contributed by atoms with Crippen molar-refractivity contribution in [2.75, 3.05) is 13.2 Å². The van der Waals surface area contributed by atoms with Crippen LogP contribution in [0.5, 0.6) is 0 Å². The van der Waals surface area contributed by atoms with Gasteiger partial charge in [-0.3, -0.25) is 0 Å². The number of aromatic nitrogens is 2. The van der Waals surface area contributed by atoms with Crippen molar-refractivity contribution in [1.82, 2.24) is 9.97 Å². The van der Waals surface area contributed by atoms with Crippen molar-refractivity contribution in [1.29, 1.82) is 0 Å². The molecule has 0 aliphatic carbocycles. The first-order valence-electron chi connectivity index (χ1n) is 4.52. The van der Waals surface area contributed by atoms with Gasteiger partial charge in [-0.05, 0) is 6.07 Å². The highest BCUT2D eigenvalue weighted by molar-refractivity contribution is 6.16. The SMILES string of the molecule is FC(F)(F)COCCc1nccc(CCl)n1. The Morgan fingerprint density at radius 3 is 2.75 bits per heavy atom. The molecule has 1 aromatic heterocycles. The minimum atomic E-state index is -4.29. The summed E-state index contributed by atoms with van der Waals surface area (Å²) in [6.45, 7) is -1.31. The lowest BCUT2D eigenvalue weighted by Gasteiger charge is -2.07. The van der Waals surface area contributed by atoms with Gasteiger partial charge in [-0.15, -0.1) is 11.6 Å². The van der Waals surface area contributed by atoms with Crippen LogP contribution in [0.15, 0.2) is 12.3 Å². The molecule has 3 nitrogen and oxygen atoms in total. The first kappa shape index (κ1) is 13.2. The van der Waals surface area contributed by atoms with Crippen LogP contribution in [-0.4, -0.2) is 29.4 Å². The molecule has 0 radical (unpaired) electrons. The predicted molar refractivity (Wildman–Crippen MR) is 52.2 cm³/mol. The highest BCUT2D eigenvalue weighted by Gasteiger charge is 2.27. The Labute approximate surface area is 95.6 Å². The van der Waals surface area contributed by atoms with E-state index < -0.39 is 12.8 Å². The Morgan fingerprint density at radius 1 is 1.38 bits per heavy atom. The summed E-state index contributed by atoms with van der Waals surface area (Å²) in [7, 11) is 0. The molecule has 0 atom stereocenters. The lowest BCUT2D eigenvalue weighted by molar-refractivity contribution is -0.173. The van der Waals surface area contributed by atoms with Crippen molar-refractivity contribution in [3.63, 3.8) is 0 Å². The number of rotatable bonds is 5. The van der Waals surface area contributed by atoms with Gasteiger partial charge in [0.05, 0.1) is 18.2 Å². The van der Waals surface area contributed by atoms with Gasteiger partial charge in [0.2, 0.25) is 0 Å². The largest absolute Gasteiger partial charge is 0.411 e. The second kappa shape index (κ2) is 6.00. The summed E-state index contributed by atoms with van der Waals surface area (Å²) in [4.78, 5) is 7.91. The van der Waals surface area contributed by atoms with Crippen LogP contribution in [0.2, 0.25) is 0 Å². The van der Waals surface area contributed by atoms with Crippen molar-refractivity contribution in [3.05, 3.63) is 23.8 Å². The third kappa shape index (κ3) is 5.27. The standard InChI is InChI=1S/C9H10ClF3N2O/c10-5-7-1-3-14-8(15-7)2-4-16-6-9(11,12)13/h1,3H,2,4-6H2. The van der Waals surface area contributed by atoms with Crippen LogP contribution in [0.3, 0.4) is 0 Å². The first-order chi connectivity index (χ1) is 7.51. The maximum absolute atomic E-state index is 11.7. The van der Waals surface area contributed by atoms with Crippen molar-refractivity contribution in [3.8, 4) is 0 Å². The van der Waals surface area contributed by atoms with Crippen LogP contribution < -0.4 is 0 Å². The van der Waals surface area contributed by atoms with E-state index in [0.717, 1.165) is 0 Å². The van der Waals surface area contributed by atoms with Crippen LogP contribution in [0.1, 0.15) is 11.5 Å². The van der Waals surface area contributed by atoms with Gasteiger partial charge in [0.1, 0.15) is 12.4 Å². The van der Waals surface area contributed by atoms with Crippen LogP contribution in [0.4, 0.5) is 13.2 Å². The van der Waals surface area contributed by atoms with Gasteiger partial charge in [0.15, 0.2) is 0 Å². The Kier molecular flexibility index (Phi) is 4.95. The minimum absolute atomic E-state index is 0.0642. The summed E-state index contributed by atoms with van der Waals surface area (Å²) in [6, 6.07) is 1.65. The third-order valence-electron chi connectivity index (χ3n) is 1.64. The van der Waals surface area contributed by atoms with Crippen LogP contribution in [-0.2, 0) is 17.0 Å². The topological polar surface area (TPSA) is 35.0 Å². The van der Waals surface area contributed by atoms with Gasteiger partial charge in [-0.25, -0.2) is 9.97 Å². The van der Waals surface area contributed by atoms with E-state index in [9.17, 15) is 13.2 Å². The molecule has 0 amide bonds. The quantitative estimate of drug-likeness (QED) is 0.598. The molecule has 0 aliphatic rings. The third-order valence-corrected chi connectivity index (χ3v) is 1.91. The normalized spacial score (nSPS) is 11.8. The summed E-state index contributed by atoms with van der Waals surface area (Å²) >= 11 is 5.55.